The van der Waals surface area contributed by atoms with E-state index in [2.05, 4.69) is 10.6 Å². The van der Waals surface area contributed by atoms with Crippen LogP contribution in [0.2, 0.25) is 0 Å². The van der Waals surface area contributed by atoms with Crippen molar-refractivity contribution in [2.45, 2.75) is 13.1 Å². The van der Waals surface area contributed by atoms with Gasteiger partial charge in [0.15, 0.2) is 5.58 Å². The topological polar surface area (TPSA) is 76.3 Å². The third-order valence-electron chi connectivity index (χ3n) is 3.23. The largest absolute Gasteiger partial charge is 0.420 e. The molecule has 3 rings (SSSR count). The van der Waals surface area contributed by atoms with Crippen molar-refractivity contribution in [3.05, 3.63) is 57.2 Å². The number of hydrogen-bond acceptors (Lipinski definition) is 4. The molecule has 0 atom stereocenters. The second kappa shape index (κ2) is 6.48. The maximum Gasteiger partial charge on any atom is 0.420 e. The van der Waals surface area contributed by atoms with Gasteiger partial charge in [-0.1, -0.05) is 12.1 Å². The van der Waals surface area contributed by atoms with Gasteiger partial charge in [0.25, 0.3) is 0 Å². The van der Waals surface area contributed by atoms with Gasteiger partial charge in [-0.05, 0) is 34.5 Å². The summed E-state index contributed by atoms with van der Waals surface area (Å²) < 4.78 is 6.64. The highest BCUT2D eigenvalue weighted by Gasteiger charge is 2.08. The van der Waals surface area contributed by atoms with Crippen molar-refractivity contribution in [1.82, 2.24) is 15.2 Å². The molecule has 2 amide bonds. The van der Waals surface area contributed by atoms with Gasteiger partial charge in [0.2, 0.25) is 0 Å². The number of nitrogens with one attached hydrogen (secondary N) is 2. The number of rotatable bonds is 5. The smallest absolute Gasteiger partial charge is 0.408 e. The molecule has 0 bridgehead atoms. The molecule has 0 fully saturated rings. The molecule has 0 aliphatic carbocycles. The minimum atomic E-state index is -0.415. The van der Waals surface area contributed by atoms with E-state index in [0.29, 0.717) is 25.2 Å². The maximum atomic E-state index is 11.8. The zero-order valence-electron chi connectivity index (χ0n) is 11.7. The number of nitrogens with zero attached hydrogens (tertiary/aromatic N) is 1. The molecule has 6 nitrogen and oxygen atoms in total. The molecule has 22 heavy (non-hydrogen) atoms. The first-order valence-electron chi connectivity index (χ1n) is 6.85. The number of urea groups is 1. The fraction of sp³-hybridized carbons (Fsp3) is 0.200. The van der Waals surface area contributed by atoms with Crippen LogP contribution in [0.25, 0.3) is 11.1 Å². The third-order valence-corrected chi connectivity index (χ3v) is 3.96. The number of aromatic nitrogens is 1. The SMILES string of the molecule is O=C(NCCn1c(=O)oc2ccccc21)NCc1ccsc1. The number of thiophene rings is 1. The normalized spacial score (nSPS) is 10.7. The fourth-order valence-electron chi connectivity index (χ4n) is 2.15. The van der Waals surface area contributed by atoms with Gasteiger partial charge >= 0.3 is 11.8 Å². The molecule has 2 heterocycles. The van der Waals surface area contributed by atoms with Gasteiger partial charge in [-0.3, -0.25) is 4.57 Å². The molecule has 0 aliphatic rings. The molecule has 0 spiro atoms. The Hall–Kier alpha value is -2.54. The molecule has 2 aromatic heterocycles. The van der Waals surface area contributed by atoms with Crippen LogP contribution in [0.4, 0.5) is 4.79 Å². The van der Waals surface area contributed by atoms with Gasteiger partial charge < -0.3 is 15.1 Å². The van der Waals surface area contributed by atoms with Crippen LogP contribution in [-0.2, 0) is 13.1 Å². The summed E-state index contributed by atoms with van der Waals surface area (Å²) in [6.45, 7) is 1.20. The average Bonchev–Trinajstić information content (AvgIpc) is 3.13. The number of carbonyl (C=O) groups excluding carboxylic acids is 1. The Morgan fingerprint density at radius 3 is 2.91 bits per heavy atom. The molecule has 114 valence electrons. The van der Waals surface area contributed by atoms with Gasteiger partial charge in [0.1, 0.15) is 0 Å². The quantitative estimate of drug-likeness (QED) is 0.757. The predicted molar refractivity (Wildman–Crippen MR) is 85.0 cm³/mol. The van der Waals surface area contributed by atoms with Crippen LogP contribution in [-0.4, -0.2) is 17.1 Å². The molecule has 0 unspecified atom stereocenters. The van der Waals surface area contributed by atoms with Crippen LogP contribution < -0.4 is 16.4 Å². The number of oxazole rings is 1. The average molecular weight is 317 g/mol. The first-order valence-corrected chi connectivity index (χ1v) is 7.79. The van der Waals surface area contributed by atoms with Gasteiger partial charge in [-0.15, -0.1) is 0 Å². The first kappa shape index (κ1) is 14.4. The molecular formula is C15H15N3O3S. The minimum absolute atomic E-state index is 0.257. The van der Waals surface area contributed by atoms with Gasteiger partial charge in [0.05, 0.1) is 5.52 Å². The lowest BCUT2D eigenvalue weighted by Gasteiger charge is -2.07. The monoisotopic (exact) mass is 317 g/mol. The third kappa shape index (κ3) is 3.20. The van der Waals surface area contributed by atoms with Crippen molar-refractivity contribution in [2.24, 2.45) is 0 Å². The van der Waals surface area contributed by atoms with E-state index in [1.807, 2.05) is 35.0 Å². The van der Waals surface area contributed by atoms with Crippen LogP contribution in [0.1, 0.15) is 5.56 Å². The number of amides is 2. The second-order valence-corrected chi connectivity index (χ2v) is 5.51. The zero-order chi connectivity index (χ0) is 15.4. The molecule has 0 radical (unpaired) electrons. The molecular weight excluding hydrogens is 302 g/mol. The molecule has 3 aromatic rings. The van der Waals surface area contributed by atoms with Crippen LogP contribution in [0.15, 0.2) is 50.3 Å². The lowest BCUT2D eigenvalue weighted by atomic mass is 10.3. The van der Waals surface area contributed by atoms with Crippen LogP contribution in [0, 0.1) is 0 Å². The highest BCUT2D eigenvalue weighted by Crippen LogP contribution is 2.11. The number of para-hydroxylation sites is 2. The Kier molecular flexibility index (Phi) is 4.24. The number of hydrogen-bond donors (Lipinski definition) is 2. The Labute approximate surface area is 130 Å². The summed E-state index contributed by atoms with van der Waals surface area (Å²) in [7, 11) is 0. The number of carbonyl (C=O) groups is 1. The van der Waals surface area contributed by atoms with E-state index < -0.39 is 5.76 Å². The summed E-state index contributed by atoms with van der Waals surface area (Å²) in [4.78, 5) is 23.5. The highest BCUT2D eigenvalue weighted by molar-refractivity contribution is 7.07. The van der Waals surface area contributed by atoms with Crippen molar-refractivity contribution in [3.63, 3.8) is 0 Å². The van der Waals surface area contributed by atoms with E-state index in [1.54, 1.807) is 17.4 Å². The van der Waals surface area contributed by atoms with Gasteiger partial charge in [-0.25, -0.2) is 9.59 Å². The van der Waals surface area contributed by atoms with Crippen molar-refractivity contribution < 1.29 is 9.21 Å². The molecule has 1 aromatic carbocycles. The summed E-state index contributed by atoms with van der Waals surface area (Å²) in [5.41, 5.74) is 2.35. The maximum absolute atomic E-state index is 11.8. The standard InChI is InChI=1S/C15H15N3O3S/c19-14(17-9-11-5-8-22-10-11)16-6-7-18-12-3-1-2-4-13(12)21-15(18)20/h1-5,8,10H,6-7,9H2,(H2,16,17,19). The summed E-state index contributed by atoms with van der Waals surface area (Å²) in [5.74, 6) is -0.415. The van der Waals surface area contributed by atoms with Crippen LogP contribution in [0.3, 0.4) is 0 Å². The highest BCUT2D eigenvalue weighted by atomic mass is 32.1. The summed E-state index contributed by atoms with van der Waals surface area (Å²) in [6, 6.07) is 8.92. The van der Waals surface area contributed by atoms with E-state index in [4.69, 9.17) is 4.42 Å². The molecule has 0 saturated heterocycles. The van der Waals surface area contributed by atoms with Gasteiger partial charge in [-0.2, -0.15) is 11.3 Å². The van der Waals surface area contributed by atoms with Crippen LogP contribution in [0.5, 0.6) is 0 Å². The Morgan fingerprint density at radius 2 is 2.09 bits per heavy atom. The zero-order valence-corrected chi connectivity index (χ0v) is 12.6. The minimum Gasteiger partial charge on any atom is -0.408 e. The van der Waals surface area contributed by atoms with Crippen molar-refractivity contribution in [1.29, 1.82) is 0 Å². The van der Waals surface area contributed by atoms with Crippen molar-refractivity contribution in [2.75, 3.05) is 6.54 Å². The predicted octanol–water partition coefficient (Wildman–Crippen LogP) is 2.16. The van der Waals surface area contributed by atoms with Crippen LogP contribution >= 0.6 is 11.3 Å². The van der Waals surface area contributed by atoms with Crippen molar-refractivity contribution in [3.8, 4) is 0 Å². The number of fused-ring (bicyclic) bond motifs is 1. The summed E-state index contributed by atoms with van der Waals surface area (Å²) >= 11 is 1.59. The Balaban J connectivity index is 1.53. The lowest BCUT2D eigenvalue weighted by Crippen LogP contribution is -2.37. The van der Waals surface area contributed by atoms with E-state index >= 15 is 0 Å². The van der Waals surface area contributed by atoms with E-state index in [0.717, 1.165) is 11.1 Å². The van der Waals surface area contributed by atoms with Crippen molar-refractivity contribution >= 4 is 28.5 Å². The van der Waals surface area contributed by atoms with E-state index in [9.17, 15) is 9.59 Å². The number of benzene rings is 1. The molecule has 0 saturated carbocycles. The van der Waals surface area contributed by atoms with Gasteiger partial charge in [0, 0.05) is 19.6 Å². The fourth-order valence-corrected chi connectivity index (χ4v) is 2.81. The Morgan fingerprint density at radius 1 is 1.23 bits per heavy atom. The summed E-state index contributed by atoms with van der Waals surface area (Å²) in [6.07, 6.45) is 0. The van der Waals surface area contributed by atoms with E-state index in [1.165, 1.54) is 4.57 Å². The molecule has 2 N–H and O–H groups in total. The second-order valence-electron chi connectivity index (χ2n) is 4.73. The molecule has 7 heteroatoms. The molecule has 0 aliphatic heterocycles. The first-order chi connectivity index (χ1) is 10.7. The lowest BCUT2D eigenvalue weighted by molar-refractivity contribution is 0.240. The summed E-state index contributed by atoms with van der Waals surface area (Å²) in [5, 5.41) is 9.44. The Bertz CT molecular complexity index is 820. The van der Waals surface area contributed by atoms with E-state index in [-0.39, 0.29) is 6.03 Å².